The summed E-state index contributed by atoms with van der Waals surface area (Å²) in [4.78, 5) is 4.41. The monoisotopic (exact) mass is 336 g/mol. The fourth-order valence-corrected chi connectivity index (χ4v) is 4.99. The summed E-state index contributed by atoms with van der Waals surface area (Å²) in [5, 5.41) is 0. The molecule has 0 aliphatic carbocycles. The number of para-hydroxylation sites is 2. The standard InChI is InChI=1S/C15H20N4O3S/c20-23(21,17-7-9-22-10-8-17)18-6-5-13(11-18)19-12-16-14-3-1-2-4-15(14)19/h1-4,12-13H,5-11H2/t13-/m0/s1. The average molecular weight is 336 g/mol. The lowest BCUT2D eigenvalue weighted by atomic mass is 10.2. The van der Waals surface area contributed by atoms with Gasteiger partial charge in [-0.3, -0.25) is 0 Å². The number of ether oxygens (including phenoxy) is 1. The molecule has 1 atom stereocenters. The highest BCUT2D eigenvalue weighted by atomic mass is 32.2. The number of fused-ring (bicyclic) bond motifs is 1. The molecular weight excluding hydrogens is 316 g/mol. The molecule has 0 spiro atoms. The summed E-state index contributed by atoms with van der Waals surface area (Å²) in [6.45, 7) is 2.89. The molecule has 4 rings (SSSR count). The van der Waals surface area contributed by atoms with E-state index in [0.717, 1.165) is 17.5 Å². The number of rotatable bonds is 3. The molecule has 2 aliphatic heterocycles. The Kier molecular flexibility index (Phi) is 3.84. The van der Waals surface area contributed by atoms with Crippen LogP contribution in [0.15, 0.2) is 30.6 Å². The highest BCUT2D eigenvalue weighted by Crippen LogP contribution is 2.28. The Bertz CT molecular complexity index is 798. The van der Waals surface area contributed by atoms with Crippen molar-refractivity contribution in [1.29, 1.82) is 0 Å². The van der Waals surface area contributed by atoms with Gasteiger partial charge >= 0.3 is 0 Å². The van der Waals surface area contributed by atoms with Crippen molar-refractivity contribution in [3.63, 3.8) is 0 Å². The van der Waals surface area contributed by atoms with E-state index in [0.29, 0.717) is 39.4 Å². The minimum absolute atomic E-state index is 0.137. The highest BCUT2D eigenvalue weighted by Gasteiger charge is 2.37. The third-order valence-corrected chi connectivity index (χ3v) is 6.63. The maximum atomic E-state index is 12.7. The van der Waals surface area contributed by atoms with Gasteiger partial charge in [0.2, 0.25) is 0 Å². The zero-order valence-electron chi connectivity index (χ0n) is 12.8. The van der Waals surface area contributed by atoms with Crippen LogP contribution in [0.3, 0.4) is 0 Å². The fraction of sp³-hybridized carbons (Fsp3) is 0.533. The van der Waals surface area contributed by atoms with Crippen molar-refractivity contribution in [2.24, 2.45) is 0 Å². The molecule has 0 amide bonds. The first-order chi connectivity index (χ1) is 11.2. The van der Waals surface area contributed by atoms with Crippen molar-refractivity contribution in [1.82, 2.24) is 18.2 Å². The quantitative estimate of drug-likeness (QED) is 0.834. The summed E-state index contributed by atoms with van der Waals surface area (Å²) < 4.78 is 36.0. The van der Waals surface area contributed by atoms with Crippen LogP contribution in [-0.2, 0) is 14.9 Å². The molecule has 2 saturated heterocycles. The number of morpholine rings is 1. The number of hydrogen-bond acceptors (Lipinski definition) is 4. The molecule has 0 saturated carbocycles. The normalized spacial score (nSPS) is 24.4. The van der Waals surface area contributed by atoms with Crippen molar-refractivity contribution >= 4 is 21.2 Å². The smallest absolute Gasteiger partial charge is 0.282 e. The van der Waals surface area contributed by atoms with E-state index in [1.807, 2.05) is 30.6 Å². The van der Waals surface area contributed by atoms with Crippen LogP contribution in [0.1, 0.15) is 12.5 Å². The molecule has 2 aromatic rings. The summed E-state index contributed by atoms with van der Waals surface area (Å²) in [5.41, 5.74) is 2.00. The predicted octanol–water partition coefficient (Wildman–Crippen LogP) is 0.860. The van der Waals surface area contributed by atoms with Crippen LogP contribution in [0.4, 0.5) is 0 Å². The molecular formula is C15H20N4O3S. The summed E-state index contributed by atoms with van der Waals surface area (Å²) in [6, 6.07) is 8.09. The third kappa shape index (κ3) is 2.65. The van der Waals surface area contributed by atoms with Crippen LogP contribution in [0.25, 0.3) is 11.0 Å². The van der Waals surface area contributed by atoms with Gasteiger partial charge in [0.25, 0.3) is 10.2 Å². The number of hydrogen-bond donors (Lipinski definition) is 0. The Morgan fingerprint density at radius 1 is 1.09 bits per heavy atom. The summed E-state index contributed by atoms with van der Waals surface area (Å²) in [6.07, 6.45) is 2.63. The zero-order valence-corrected chi connectivity index (χ0v) is 13.7. The van der Waals surface area contributed by atoms with Gasteiger partial charge in [-0.25, -0.2) is 4.98 Å². The van der Waals surface area contributed by atoms with Gasteiger partial charge < -0.3 is 9.30 Å². The first-order valence-corrected chi connectivity index (χ1v) is 9.30. The van der Waals surface area contributed by atoms with Crippen LogP contribution < -0.4 is 0 Å². The second kappa shape index (κ2) is 5.86. The first-order valence-electron chi connectivity index (χ1n) is 7.91. The topological polar surface area (TPSA) is 67.7 Å². The minimum atomic E-state index is -3.39. The molecule has 0 N–H and O–H groups in total. The van der Waals surface area contributed by atoms with E-state index in [4.69, 9.17) is 4.74 Å². The maximum absolute atomic E-state index is 12.7. The van der Waals surface area contributed by atoms with E-state index in [2.05, 4.69) is 9.55 Å². The maximum Gasteiger partial charge on any atom is 0.282 e. The van der Waals surface area contributed by atoms with Crippen molar-refractivity contribution in [3.05, 3.63) is 30.6 Å². The molecule has 0 radical (unpaired) electrons. The molecule has 3 heterocycles. The van der Waals surface area contributed by atoms with Gasteiger partial charge in [-0.1, -0.05) is 12.1 Å². The van der Waals surface area contributed by atoms with Crippen molar-refractivity contribution in [3.8, 4) is 0 Å². The Morgan fingerprint density at radius 2 is 1.87 bits per heavy atom. The molecule has 1 aromatic heterocycles. The fourth-order valence-electron chi connectivity index (χ4n) is 3.36. The summed E-state index contributed by atoms with van der Waals surface area (Å²) in [5.74, 6) is 0. The van der Waals surface area contributed by atoms with E-state index in [9.17, 15) is 8.42 Å². The van der Waals surface area contributed by atoms with E-state index in [1.165, 1.54) is 4.31 Å². The second-order valence-corrected chi connectivity index (χ2v) is 7.89. The van der Waals surface area contributed by atoms with E-state index >= 15 is 0 Å². The predicted molar refractivity (Wildman–Crippen MR) is 86.3 cm³/mol. The molecule has 7 nitrogen and oxygen atoms in total. The molecule has 124 valence electrons. The van der Waals surface area contributed by atoms with Gasteiger partial charge in [0.1, 0.15) is 0 Å². The summed E-state index contributed by atoms with van der Waals surface area (Å²) >= 11 is 0. The largest absolute Gasteiger partial charge is 0.379 e. The molecule has 2 aliphatic rings. The first kappa shape index (κ1) is 15.1. The van der Waals surface area contributed by atoms with Crippen molar-refractivity contribution < 1.29 is 13.2 Å². The van der Waals surface area contributed by atoms with Crippen LogP contribution >= 0.6 is 0 Å². The van der Waals surface area contributed by atoms with Gasteiger partial charge in [0.05, 0.1) is 36.6 Å². The van der Waals surface area contributed by atoms with Gasteiger partial charge in [-0.05, 0) is 18.6 Å². The second-order valence-electron chi connectivity index (χ2n) is 5.96. The van der Waals surface area contributed by atoms with E-state index < -0.39 is 10.2 Å². The minimum Gasteiger partial charge on any atom is -0.379 e. The zero-order chi connectivity index (χ0) is 15.9. The molecule has 1 aromatic carbocycles. The molecule has 2 fully saturated rings. The molecule has 0 unspecified atom stereocenters. The SMILES string of the molecule is O=S(=O)(N1CCOCC1)N1CC[C@H](n2cnc3ccccc32)C1. The third-order valence-electron chi connectivity index (χ3n) is 4.62. The Balaban J connectivity index is 1.55. The Hall–Kier alpha value is -1.48. The van der Waals surface area contributed by atoms with Crippen molar-refractivity contribution in [2.75, 3.05) is 39.4 Å². The molecule has 0 bridgehead atoms. The molecule has 23 heavy (non-hydrogen) atoms. The number of benzene rings is 1. The number of aromatic nitrogens is 2. The Morgan fingerprint density at radius 3 is 2.70 bits per heavy atom. The van der Waals surface area contributed by atoms with Crippen LogP contribution in [0.2, 0.25) is 0 Å². The lowest BCUT2D eigenvalue weighted by Crippen LogP contribution is -2.47. The van der Waals surface area contributed by atoms with Crippen LogP contribution in [-0.4, -0.2) is 66.0 Å². The molecule has 8 heteroatoms. The van der Waals surface area contributed by atoms with Gasteiger partial charge in [0, 0.05) is 26.2 Å². The van der Waals surface area contributed by atoms with Crippen LogP contribution in [0.5, 0.6) is 0 Å². The van der Waals surface area contributed by atoms with Crippen LogP contribution in [0, 0.1) is 0 Å². The number of imidazole rings is 1. The number of nitrogens with zero attached hydrogens (tertiary/aromatic N) is 4. The van der Waals surface area contributed by atoms with Gasteiger partial charge in [-0.2, -0.15) is 17.0 Å². The van der Waals surface area contributed by atoms with E-state index in [1.54, 1.807) is 4.31 Å². The van der Waals surface area contributed by atoms with Gasteiger partial charge in [0.15, 0.2) is 0 Å². The van der Waals surface area contributed by atoms with Crippen molar-refractivity contribution in [2.45, 2.75) is 12.5 Å². The Labute approximate surface area is 135 Å². The summed E-state index contributed by atoms with van der Waals surface area (Å²) in [7, 11) is -3.39. The van der Waals surface area contributed by atoms with E-state index in [-0.39, 0.29) is 6.04 Å². The average Bonchev–Trinajstić information content (AvgIpc) is 3.22. The lowest BCUT2D eigenvalue weighted by molar-refractivity contribution is 0.0705. The van der Waals surface area contributed by atoms with Gasteiger partial charge in [-0.15, -0.1) is 0 Å². The lowest BCUT2D eigenvalue weighted by Gasteiger charge is -2.30. The highest BCUT2D eigenvalue weighted by molar-refractivity contribution is 7.86.